The molecule has 0 N–H and O–H groups in total. The fourth-order valence-corrected chi connectivity index (χ4v) is 10.9. The third kappa shape index (κ3) is 7.36. The van der Waals surface area contributed by atoms with Crippen LogP contribution in [0.3, 0.4) is 0 Å². The Morgan fingerprint density at radius 1 is 0.347 bits per heavy atom. The molecule has 0 radical (unpaired) electrons. The van der Waals surface area contributed by atoms with E-state index in [9.17, 15) is 18.4 Å². The molecule has 0 aliphatic carbocycles. The quantitative estimate of drug-likeness (QED) is 0.157. The number of alkyl halides is 3. The lowest BCUT2D eigenvalue weighted by molar-refractivity contribution is -0.137. The van der Waals surface area contributed by atoms with E-state index in [1.807, 2.05) is 60.7 Å². The molecular weight excluding hydrogens is 892 g/mol. The summed E-state index contributed by atoms with van der Waals surface area (Å²) in [5, 5.41) is 15.5. The number of fused-ring (bicyclic) bond motifs is 6. The minimum Gasteiger partial charge on any atom is -0.309 e. The molecule has 6 heteroatoms. The highest BCUT2D eigenvalue weighted by Gasteiger charge is 2.31. The van der Waals surface area contributed by atoms with Gasteiger partial charge in [0.25, 0.3) is 0 Å². The van der Waals surface area contributed by atoms with Gasteiger partial charge >= 0.3 is 6.18 Å². The topological polar surface area (TPSA) is 33.6 Å². The van der Waals surface area contributed by atoms with Crippen LogP contribution in [-0.4, -0.2) is 9.13 Å². The first kappa shape index (κ1) is 44.3. The highest BCUT2D eigenvalue weighted by atomic mass is 19.4. The monoisotopic (exact) mass is 937 g/mol. The third-order valence-electron chi connectivity index (χ3n) is 14.6. The van der Waals surface area contributed by atoms with Gasteiger partial charge < -0.3 is 9.13 Å². The normalized spacial score (nSPS) is 11.8. The fraction of sp³-hybridized carbons (Fsp3) is 0.0758. The molecule has 0 unspecified atom stereocenters. The lowest BCUT2D eigenvalue weighted by atomic mass is 9.97. The lowest BCUT2D eigenvalue weighted by Crippen LogP contribution is -2.06. The third-order valence-corrected chi connectivity index (χ3v) is 14.6. The van der Waals surface area contributed by atoms with Crippen LogP contribution in [0, 0.1) is 39.0 Å². The van der Waals surface area contributed by atoms with Gasteiger partial charge in [-0.05, 0) is 149 Å². The van der Waals surface area contributed by atoms with Crippen LogP contribution >= 0.6 is 0 Å². The minimum atomic E-state index is -4.60. The van der Waals surface area contributed by atoms with E-state index < -0.39 is 11.7 Å². The number of aryl methyl sites for hydroxylation is 4. The molecule has 12 aromatic rings. The number of nitriles is 1. The summed E-state index contributed by atoms with van der Waals surface area (Å²) in [6.45, 7) is 8.38. The molecule has 0 aliphatic rings. The van der Waals surface area contributed by atoms with Crippen LogP contribution in [0.25, 0.3) is 111 Å². The summed E-state index contributed by atoms with van der Waals surface area (Å²) >= 11 is 0. The standard InChI is InChI=1S/C66H46F3N3/c1-40-14-5-9-20-51(40)45-24-28-55-56-29-25-46(52-21-10-6-15-41(52)2)34-62(56)71(61(55)33-45)60-38-59(44-18-13-19-50(32-44)66(67,68)69)65(37-49(60)39-70)72-63-35-47(53-22-11-7-16-42(53)3)26-30-57(63)58-31-27-48(36-64(58)72)54-23-12-8-17-43(54)4/h5-38H,1-4H3. The van der Waals surface area contributed by atoms with Gasteiger partial charge in [0, 0.05) is 27.1 Å². The molecule has 12 rings (SSSR count). The Hall–Kier alpha value is -8.92. The van der Waals surface area contributed by atoms with Gasteiger partial charge in [-0.2, -0.15) is 18.4 Å². The maximum Gasteiger partial charge on any atom is 0.416 e. The molecule has 2 aromatic heterocycles. The van der Waals surface area contributed by atoms with E-state index in [-0.39, 0.29) is 0 Å². The van der Waals surface area contributed by atoms with Crippen LogP contribution < -0.4 is 0 Å². The van der Waals surface area contributed by atoms with E-state index in [0.717, 1.165) is 116 Å². The van der Waals surface area contributed by atoms with Gasteiger partial charge in [0.2, 0.25) is 0 Å². The second kappa shape index (κ2) is 17.2. The van der Waals surface area contributed by atoms with Crippen molar-refractivity contribution in [1.82, 2.24) is 9.13 Å². The Morgan fingerprint density at radius 2 is 0.694 bits per heavy atom. The predicted octanol–water partition coefficient (Wildman–Crippen LogP) is 18.3. The molecule has 72 heavy (non-hydrogen) atoms. The number of rotatable bonds is 7. The molecule has 2 heterocycles. The van der Waals surface area contributed by atoms with Crippen molar-refractivity contribution < 1.29 is 13.2 Å². The molecule has 10 aromatic carbocycles. The Bertz CT molecular complexity index is 4010. The highest BCUT2D eigenvalue weighted by molar-refractivity contribution is 6.13. The van der Waals surface area contributed by atoms with Gasteiger partial charge in [-0.25, -0.2) is 0 Å². The van der Waals surface area contributed by atoms with E-state index in [1.165, 1.54) is 12.1 Å². The number of aromatic nitrogens is 2. The van der Waals surface area contributed by atoms with E-state index in [0.29, 0.717) is 28.1 Å². The molecule has 0 saturated heterocycles. The summed E-state index contributed by atoms with van der Waals surface area (Å²) in [4.78, 5) is 0. The van der Waals surface area contributed by atoms with Crippen LogP contribution in [0.4, 0.5) is 13.2 Å². The maximum absolute atomic E-state index is 14.9. The van der Waals surface area contributed by atoms with Gasteiger partial charge in [-0.15, -0.1) is 0 Å². The smallest absolute Gasteiger partial charge is 0.309 e. The van der Waals surface area contributed by atoms with Crippen LogP contribution in [-0.2, 0) is 6.18 Å². The SMILES string of the molecule is Cc1ccccc1-c1ccc2c3ccc(-c4ccccc4C)cc3n(-c3cc(-c4cccc(C(F)(F)F)c4)c(-n4c5cc(-c6ccccc6C)ccc5c5ccc(-c6ccccc6C)cc54)cc3C#N)c2c1. The number of hydrogen-bond donors (Lipinski definition) is 0. The molecule has 0 amide bonds. The number of hydrogen-bond acceptors (Lipinski definition) is 1. The first-order chi connectivity index (χ1) is 34.9. The van der Waals surface area contributed by atoms with Crippen molar-refractivity contribution in [2.75, 3.05) is 0 Å². The van der Waals surface area contributed by atoms with Crippen molar-refractivity contribution in [1.29, 1.82) is 5.26 Å². The summed E-state index contributed by atoms with van der Waals surface area (Å²) in [5.74, 6) is 0. The molecule has 0 fully saturated rings. The van der Waals surface area contributed by atoms with E-state index in [2.05, 4.69) is 164 Å². The average Bonchev–Trinajstić information content (AvgIpc) is 3.89. The van der Waals surface area contributed by atoms with Crippen molar-refractivity contribution in [2.24, 2.45) is 0 Å². The zero-order valence-corrected chi connectivity index (χ0v) is 40.1. The lowest BCUT2D eigenvalue weighted by Gasteiger charge is -2.20. The summed E-state index contributed by atoms with van der Waals surface area (Å²) in [5.41, 5.74) is 17.9. The van der Waals surface area contributed by atoms with Gasteiger partial charge in [0.05, 0.1) is 44.6 Å². The zero-order chi connectivity index (χ0) is 49.4. The average molecular weight is 938 g/mol. The van der Waals surface area contributed by atoms with Gasteiger partial charge in [-0.1, -0.05) is 158 Å². The van der Waals surface area contributed by atoms with Crippen LogP contribution in [0.2, 0.25) is 0 Å². The second-order valence-electron chi connectivity index (χ2n) is 18.9. The molecule has 0 bridgehead atoms. The van der Waals surface area contributed by atoms with Gasteiger partial charge in [0.15, 0.2) is 0 Å². The molecule has 0 saturated carbocycles. The second-order valence-corrected chi connectivity index (χ2v) is 18.9. The van der Waals surface area contributed by atoms with Crippen molar-refractivity contribution >= 4 is 43.6 Å². The largest absolute Gasteiger partial charge is 0.416 e. The summed E-state index contributed by atoms with van der Waals surface area (Å²) in [6.07, 6.45) is -4.60. The van der Waals surface area contributed by atoms with Crippen LogP contribution in [0.15, 0.2) is 206 Å². The number of nitrogens with zero attached hydrogens (tertiary/aromatic N) is 3. The fourth-order valence-electron chi connectivity index (χ4n) is 10.9. The molecule has 346 valence electrons. The summed E-state index contributed by atoms with van der Waals surface area (Å²) in [6, 6.07) is 70.9. The van der Waals surface area contributed by atoms with Gasteiger partial charge in [-0.3, -0.25) is 0 Å². The van der Waals surface area contributed by atoms with Crippen LogP contribution in [0.1, 0.15) is 33.4 Å². The van der Waals surface area contributed by atoms with Gasteiger partial charge in [0.1, 0.15) is 6.07 Å². The molecule has 0 atom stereocenters. The van der Waals surface area contributed by atoms with E-state index >= 15 is 0 Å². The van der Waals surface area contributed by atoms with Crippen LogP contribution in [0.5, 0.6) is 0 Å². The first-order valence-electron chi connectivity index (χ1n) is 24.1. The van der Waals surface area contributed by atoms with E-state index in [4.69, 9.17) is 0 Å². The molecular formula is C66H46F3N3. The van der Waals surface area contributed by atoms with Crippen molar-refractivity contribution in [3.05, 3.63) is 240 Å². The highest BCUT2D eigenvalue weighted by Crippen LogP contribution is 2.45. The number of halogens is 3. The van der Waals surface area contributed by atoms with Crippen molar-refractivity contribution in [3.8, 4) is 73.1 Å². The minimum absolute atomic E-state index is 0.363. The predicted molar refractivity (Wildman–Crippen MR) is 291 cm³/mol. The Labute approximate surface area is 415 Å². The van der Waals surface area contributed by atoms with E-state index in [1.54, 1.807) is 6.07 Å². The maximum atomic E-state index is 14.9. The zero-order valence-electron chi connectivity index (χ0n) is 40.1. The number of benzene rings is 10. The molecule has 0 aliphatic heterocycles. The Morgan fingerprint density at radius 3 is 1.04 bits per heavy atom. The summed E-state index contributed by atoms with van der Waals surface area (Å²) < 4.78 is 48.9. The van der Waals surface area contributed by atoms with Crippen molar-refractivity contribution in [3.63, 3.8) is 0 Å². The summed E-state index contributed by atoms with van der Waals surface area (Å²) in [7, 11) is 0. The first-order valence-corrected chi connectivity index (χ1v) is 24.1. The Kier molecular flexibility index (Phi) is 10.6. The molecule has 3 nitrogen and oxygen atoms in total. The van der Waals surface area contributed by atoms with Crippen molar-refractivity contribution in [2.45, 2.75) is 33.9 Å². The molecule has 0 spiro atoms. The Balaban J connectivity index is 1.22.